The maximum Gasteiger partial charge on any atom is 0.407 e. The van der Waals surface area contributed by atoms with E-state index in [9.17, 15) is 9.59 Å². The molecule has 37 heavy (non-hydrogen) atoms. The molecule has 5 rings (SSSR count). The van der Waals surface area contributed by atoms with Crippen LogP contribution in [0.1, 0.15) is 12.0 Å². The summed E-state index contributed by atoms with van der Waals surface area (Å²) >= 11 is 1.55. The number of nitrogens with one attached hydrogen (secondary N) is 1. The second-order valence-corrected chi connectivity index (χ2v) is 9.73. The molecule has 9 heteroatoms. The number of ether oxygens (including phenoxy) is 1. The first kappa shape index (κ1) is 24.3. The van der Waals surface area contributed by atoms with Gasteiger partial charge in [-0.3, -0.25) is 4.79 Å². The number of anilines is 1. The molecule has 2 aromatic heterocycles. The lowest BCUT2D eigenvalue weighted by Gasteiger charge is -2.12. The van der Waals surface area contributed by atoms with Crippen LogP contribution in [-0.4, -0.2) is 46.6 Å². The number of nitrogens with two attached hydrogens (primary N) is 1. The topological polar surface area (TPSA) is 118 Å². The molecule has 4 aromatic rings. The molecule has 2 amide bonds. The maximum absolute atomic E-state index is 12.4. The Balaban J connectivity index is 1.28. The predicted molar refractivity (Wildman–Crippen MR) is 146 cm³/mol. The van der Waals surface area contributed by atoms with Gasteiger partial charge in [0.2, 0.25) is 5.91 Å². The average molecular weight is 515 g/mol. The van der Waals surface area contributed by atoms with E-state index >= 15 is 0 Å². The fraction of sp³-hybridized carbons (Fsp3) is 0.179. The molecular formula is C28H26N4O4S. The monoisotopic (exact) mass is 514 g/mol. The number of likely N-dealkylation sites (tertiary alicyclic amines) is 1. The number of carbonyl (C=O) groups is 2. The summed E-state index contributed by atoms with van der Waals surface area (Å²) in [7, 11) is 0. The maximum atomic E-state index is 12.4. The minimum absolute atomic E-state index is 0.127. The van der Waals surface area contributed by atoms with Gasteiger partial charge >= 0.3 is 6.09 Å². The van der Waals surface area contributed by atoms with Crippen LogP contribution in [-0.2, 0) is 4.79 Å². The lowest BCUT2D eigenvalue weighted by molar-refractivity contribution is -0.116. The van der Waals surface area contributed by atoms with Crippen molar-refractivity contribution in [2.75, 3.05) is 25.4 Å². The van der Waals surface area contributed by atoms with Crippen molar-refractivity contribution in [3.8, 4) is 22.6 Å². The lowest BCUT2D eigenvalue weighted by atomic mass is 10.0. The number of amides is 2. The second-order valence-electron chi connectivity index (χ2n) is 8.85. The highest BCUT2D eigenvalue weighted by Gasteiger charge is 2.25. The molecule has 3 heterocycles. The quantitative estimate of drug-likeness (QED) is 0.282. The molecule has 188 valence electrons. The summed E-state index contributed by atoms with van der Waals surface area (Å²) in [5.41, 5.74) is 9.03. The molecule has 1 aliphatic rings. The highest BCUT2D eigenvalue weighted by molar-refractivity contribution is 7.18. The van der Waals surface area contributed by atoms with E-state index in [-0.39, 0.29) is 11.8 Å². The fourth-order valence-corrected chi connectivity index (χ4v) is 5.47. The molecule has 2 aromatic carbocycles. The zero-order valence-corrected chi connectivity index (χ0v) is 20.8. The smallest absolute Gasteiger partial charge is 0.407 e. The van der Waals surface area contributed by atoms with Gasteiger partial charge in [-0.2, -0.15) is 0 Å². The first-order chi connectivity index (χ1) is 18.0. The normalized spacial score (nSPS) is 15.4. The molecule has 0 unspecified atom stereocenters. The minimum Gasteiger partial charge on any atom is -0.465 e. The SMILES string of the molecule is Nc1ncc(/C=C/C(=O)NC[C@H]2CCN(C(=O)O)C2)c2scc(-c3ccc(Oc4ccccc4)cc3)c12. The van der Waals surface area contributed by atoms with Gasteiger partial charge in [0.05, 0.1) is 0 Å². The van der Waals surface area contributed by atoms with Gasteiger partial charge in [0, 0.05) is 53.1 Å². The van der Waals surface area contributed by atoms with Gasteiger partial charge in [-0.1, -0.05) is 30.3 Å². The van der Waals surface area contributed by atoms with Crippen LogP contribution in [0.25, 0.3) is 27.3 Å². The summed E-state index contributed by atoms with van der Waals surface area (Å²) in [6.45, 7) is 1.39. The van der Waals surface area contributed by atoms with Crippen LogP contribution >= 0.6 is 11.3 Å². The number of rotatable bonds is 7. The summed E-state index contributed by atoms with van der Waals surface area (Å²) in [6.07, 6.45) is 4.71. The zero-order chi connectivity index (χ0) is 25.8. The van der Waals surface area contributed by atoms with Crippen molar-refractivity contribution >= 4 is 45.3 Å². The summed E-state index contributed by atoms with van der Waals surface area (Å²) in [5.74, 6) is 1.84. The fourth-order valence-electron chi connectivity index (χ4n) is 4.39. The van der Waals surface area contributed by atoms with E-state index in [0.29, 0.717) is 25.5 Å². The molecule has 1 atom stereocenters. The van der Waals surface area contributed by atoms with Crippen molar-refractivity contribution in [3.05, 3.63) is 77.8 Å². The van der Waals surface area contributed by atoms with Crippen LogP contribution in [0.3, 0.4) is 0 Å². The molecule has 0 bridgehead atoms. The molecular weight excluding hydrogens is 488 g/mol. The molecule has 4 N–H and O–H groups in total. The molecule has 1 saturated heterocycles. The van der Waals surface area contributed by atoms with E-state index < -0.39 is 6.09 Å². The summed E-state index contributed by atoms with van der Waals surface area (Å²) in [5, 5.41) is 14.8. The van der Waals surface area contributed by atoms with Gasteiger partial charge in [0.15, 0.2) is 0 Å². The number of aromatic nitrogens is 1. The van der Waals surface area contributed by atoms with Crippen molar-refractivity contribution in [1.82, 2.24) is 15.2 Å². The number of carbonyl (C=O) groups excluding carboxylic acids is 1. The van der Waals surface area contributed by atoms with Gasteiger partial charge in [0.1, 0.15) is 17.3 Å². The molecule has 1 aliphatic heterocycles. The number of pyridine rings is 1. The van der Waals surface area contributed by atoms with Crippen molar-refractivity contribution in [2.45, 2.75) is 6.42 Å². The third-order valence-corrected chi connectivity index (χ3v) is 7.36. The third-order valence-electron chi connectivity index (χ3n) is 6.33. The number of hydrogen-bond donors (Lipinski definition) is 3. The number of fused-ring (bicyclic) bond motifs is 1. The molecule has 8 nitrogen and oxygen atoms in total. The average Bonchev–Trinajstić information content (AvgIpc) is 3.57. The van der Waals surface area contributed by atoms with E-state index in [1.165, 1.54) is 11.0 Å². The molecule has 0 aliphatic carbocycles. The van der Waals surface area contributed by atoms with Crippen LogP contribution in [0, 0.1) is 5.92 Å². The van der Waals surface area contributed by atoms with Gasteiger partial charge < -0.3 is 25.8 Å². The van der Waals surface area contributed by atoms with E-state index in [4.69, 9.17) is 15.6 Å². The number of nitrogen functional groups attached to an aromatic ring is 1. The van der Waals surface area contributed by atoms with Crippen LogP contribution in [0.5, 0.6) is 11.5 Å². The van der Waals surface area contributed by atoms with Crippen LogP contribution in [0.4, 0.5) is 10.6 Å². The summed E-state index contributed by atoms with van der Waals surface area (Å²) < 4.78 is 6.84. The Morgan fingerprint density at radius 2 is 1.92 bits per heavy atom. The van der Waals surface area contributed by atoms with Crippen molar-refractivity contribution in [3.63, 3.8) is 0 Å². The first-order valence-corrected chi connectivity index (χ1v) is 12.8. The van der Waals surface area contributed by atoms with Gasteiger partial charge in [-0.25, -0.2) is 9.78 Å². The van der Waals surface area contributed by atoms with E-state index in [1.54, 1.807) is 23.6 Å². The summed E-state index contributed by atoms with van der Waals surface area (Å²) in [6, 6.07) is 17.4. The van der Waals surface area contributed by atoms with E-state index in [2.05, 4.69) is 10.3 Å². The molecule has 0 saturated carbocycles. The Hall–Kier alpha value is -4.37. The second kappa shape index (κ2) is 10.7. The standard InChI is InChI=1S/C28H26N4O4S/c29-27-25-23(19-6-9-22(10-7-19)36-21-4-2-1-3-5-21)17-37-26(25)20(15-31-27)8-11-24(33)30-14-18-12-13-32(16-18)28(34)35/h1-11,15,17-18H,12-14,16H2,(H2,29,31)(H,30,33)(H,34,35)/b11-8+/t18-/m1/s1. The number of nitrogens with zero attached hydrogens (tertiary/aromatic N) is 2. The van der Waals surface area contributed by atoms with Crippen molar-refractivity contribution in [2.24, 2.45) is 5.92 Å². The number of hydrogen-bond acceptors (Lipinski definition) is 6. The van der Waals surface area contributed by atoms with Crippen LogP contribution in [0.2, 0.25) is 0 Å². The zero-order valence-electron chi connectivity index (χ0n) is 20.0. The summed E-state index contributed by atoms with van der Waals surface area (Å²) in [4.78, 5) is 29.2. The lowest BCUT2D eigenvalue weighted by Crippen LogP contribution is -2.31. The van der Waals surface area contributed by atoms with E-state index in [0.717, 1.165) is 44.7 Å². The largest absolute Gasteiger partial charge is 0.465 e. The van der Waals surface area contributed by atoms with Crippen molar-refractivity contribution in [1.29, 1.82) is 0 Å². The van der Waals surface area contributed by atoms with Crippen molar-refractivity contribution < 1.29 is 19.4 Å². The Morgan fingerprint density at radius 3 is 2.65 bits per heavy atom. The Bertz CT molecular complexity index is 1450. The Morgan fingerprint density at radius 1 is 1.16 bits per heavy atom. The molecule has 0 radical (unpaired) electrons. The van der Waals surface area contributed by atoms with Gasteiger partial charge in [0.25, 0.3) is 0 Å². The predicted octanol–water partition coefficient (Wildman–Crippen LogP) is 5.47. The molecule has 1 fully saturated rings. The van der Waals surface area contributed by atoms with Gasteiger partial charge in [-0.15, -0.1) is 11.3 Å². The highest BCUT2D eigenvalue weighted by atomic mass is 32.1. The van der Waals surface area contributed by atoms with Gasteiger partial charge in [-0.05, 0) is 53.6 Å². The van der Waals surface area contributed by atoms with E-state index in [1.807, 2.05) is 60.0 Å². The Labute approximate surface area is 218 Å². The number of thiophene rings is 1. The Kier molecular flexibility index (Phi) is 7.04. The van der Waals surface area contributed by atoms with Crippen LogP contribution in [0.15, 0.2) is 72.3 Å². The van der Waals surface area contributed by atoms with Crippen LogP contribution < -0.4 is 15.8 Å². The third kappa shape index (κ3) is 5.57. The first-order valence-electron chi connectivity index (χ1n) is 11.9. The molecule has 0 spiro atoms. The highest BCUT2D eigenvalue weighted by Crippen LogP contribution is 2.39. The minimum atomic E-state index is -0.916. The number of carboxylic acid groups (broad SMARTS) is 1. The number of benzene rings is 2. The number of para-hydroxylation sites is 1.